The van der Waals surface area contributed by atoms with Gasteiger partial charge in [0.05, 0.1) is 0 Å². The van der Waals surface area contributed by atoms with Gasteiger partial charge in [-0.1, -0.05) is 26.8 Å². The van der Waals surface area contributed by atoms with Crippen molar-refractivity contribution in [2.24, 2.45) is 0 Å². The van der Waals surface area contributed by atoms with Crippen molar-refractivity contribution in [3.8, 4) is 5.75 Å². The molecule has 0 saturated heterocycles. The van der Waals surface area contributed by atoms with Crippen molar-refractivity contribution in [1.82, 2.24) is 0 Å². The lowest BCUT2D eigenvalue weighted by atomic mass is 9.81. The first-order valence-electron chi connectivity index (χ1n) is 4.90. The van der Waals surface area contributed by atoms with Crippen LogP contribution in [-0.2, 0) is 5.41 Å². The Bertz CT molecular complexity index is 356. The van der Waals surface area contributed by atoms with E-state index in [1.807, 2.05) is 19.9 Å². The molecule has 1 rings (SSSR count). The second-order valence-corrected chi connectivity index (χ2v) is 4.95. The minimum Gasteiger partial charge on any atom is -0.507 e. The highest BCUT2D eigenvalue weighted by molar-refractivity contribution is 5.52. The predicted octanol–water partition coefficient (Wildman–Crippen LogP) is 3.49. The fraction of sp³-hybridized carbons (Fsp3) is 0.462. The van der Waals surface area contributed by atoms with Gasteiger partial charge in [-0.3, -0.25) is 0 Å². The molecule has 0 aliphatic heterocycles. The SMILES string of the molecule is [CH2]c1cc(C)c(C(C)(C)C)c(O)c1C. The van der Waals surface area contributed by atoms with Crippen molar-refractivity contribution in [2.75, 3.05) is 0 Å². The van der Waals surface area contributed by atoms with Crippen LogP contribution in [0.5, 0.6) is 5.75 Å². The molecule has 1 N–H and O–H groups in total. The summed E-state index contributed by atoms with van der Waals surface area (Å²) in [5.74, 6) is 0.405. The van der Waals surface area contributed by atoms with Gasteiger partial charge in [0.2, 0.25) is 0 Å². The number of phenols is 1. The van der Waals surface area contributed by atoms with E-state index in [0.29, 0.717) is 5.75 Å². The number of aryl methyl sites for hydroxylation is 1. The smallest absolute Gasteiger partial charge is 0.122 e. The van der Waals surface area contributed by atoms with Crippen molar-refractivity contribution < 1.29 is 5.11 Å². The zero-order valence-electron chi connectivity index (χ0n) is 9.73. The van der Waals surface area contributed by atoms with Gasteiger partial charge in [0.1, 0.15) is 5.75 Å². The third-order valence-electron chi connectivity index (χ3n) is 2.61. The summed E-state index contributed by atoms with van der Waals surface area (Å²) >= 11 is 0. The summed E-state index contributed by atoms with van der Waals surface area (Å²) in [6, 6.07) is 2.04. The highest BCUT2D eigenvalue weighted by atomic mass is 16.3. The number of hydrogen-bond acceptors (Lipinski definition) is 1. The van der Waals surface area contributed by atoms with Gasteiger partial charge in [0.15, 0.2) is 0 Å². The molecule has 14 heavy (non-hydrogen) atoms. The Hall–Kier alpha value is -0.980. The maximum Gasteiger partial charge on any atom is 0.122 e. The zero-order chi connectivity index (χ0) is 11.1. The quantitative estimate of drug-likeness (QED) is 0.665. The summed E-state index contributed by atoms with van der Waals surface area (Å²) in [7, 11) is 0. The molecule has 0 unspecified atom stereocenters. The first-order chi connectivity index (χ1) is 6.25. The van der Waals surface area contributed by atoms with Crippen LogP contribution in [0.15, 0.2) is 6.07 Å². The van der Waals surface area contributed by atoms with Crippen LogP contribution in [0.3, 0.4) is 0 Å². The van der Waals surface area contributed by atoms with Gasteiger partial charge in [-0.15, -0.1) is 0 Å². The van der Waals surface area contributed by atoms with E-state index in [9.17, 15) is 5.11 Å². The highest BCUT2D eigenvalue weighted by Gasteiger charge is 2.22. The van der Waals surface area contributed by atoms with Gasteiger partial charge in [-0.2, -0.15) is 0 Å². The summed E-state index contributed by atoms with van der Waals surface area (Å²) < 4.78 is 0. The molecule has 0 spiro atoms. The average molecular weight is 191 g/mol. The van der Waals surface area contributed by atoms with Crippen LogP contribution in [0.2, 0.25) is 0 Å². The molecule has 1 heteroatoms. The molecule has 77 valence electrons. The van der Waals surface area contributed by atoms with Gasteiger partial charge in [-0.25, -0.2) is 0 Å². The van der Waals surface area contributed by atoms with Crippen LogP contribution in [-0.4, -0.2) is 5.11 Å². The molecule has 0 saturated carbocycles. The van der Waals surface area contributed by atoms with Crippen molar-refractivity contribution in [2.45, 2.75) is 40.0 Å². The number of phenolic OH excluding ortho intramolecular Hbond substituents is 1. The molecule has 0 atom stereocenters. The number of benzene rings is 1. The van der Waals surface area contributed by atoms with Crippen molar-refractivity contribution in [3.05, 3.63) is 35.2 Å². The Balaban J connectivity index is 3.53. The van der Waals surface area contributed by atoms with E-state index in [4.69, 9.17) is 0 Å². The predicted molar refractivity (Wildman–Crippen MR) is 60.7 cm³/mol. The third-order valence-corrected chi connectivity index (χ3v) is 2.61. The zero-order valence-corrected chi connectivity index (χ0v) is 9.73. The average Bonchev–Trinajstić information content (AvgIpc) is 1.97. The number of hydrogen-bond donors (Lipinski definition) is 1. The first kappa shape index (κ1) is 11.1. The molecule has 0 aromatic heterocycles. The van der Waals surface area contributed by atoms with E-state index < -0.39 is 0 Å². The van der Waals surface area contributed by atoms with Crippen LogP contribution in [0.25, 0.3) is 0 Å². The molecule has 1 aromatic carbocycles. The van der Waals surface area contributed by atoms with Gasteiger partial charge in [-0.05, 0) is 42.9 Å². The topological polar surface area (TPSA) is 20.2 Å². The van der Waals surface area contributed by atoms with E-state index in [-0.39, 0.29) is 5.41 Å². The van der Waals surface area contributed by atoms with E-state index in [2.05, 4.69) is 27.7 Å². The summed E-state index contributed by atoms with van der Waals surface area (Å²) in [5.41, 5.74) is 3.92. The maximum absolute atomic E-state index is 10.1. The van der Waals surface area contributed by atoms with Crippen LogP contribution in [0.1, 0.15) is 43.0 Å². The third kappa shape index (κ3) is 1.77. The Labute approximate surface area is 86.8 Å². The minimum atomic E-state index is -0.0212. The molecule has 1 aromatic rings. The second-order valence-electron chi connectivity index (χ2n) is 4.95. The molecule has 1 nitrogen and oxygen atoms in total. The van der Waals surface area contributed by atoms with Crippen LogP contribution in [0.4, 0.5) is 0 Å². The van der Waals surface area contributed by atoms with Crippen LogP contribution >= 0.6 is 0 Å². The monoisotopic (exact) mass is 191 g/mol. The highest BCUT2D eigenvalue weighted by Crippen LogP contribution is 2.36. The standard InChI is InChI=1S/C13H19O/c1-8-7-9(2)11(13(4,5)6)12(14)10(8)3/h7,14H,1H2,2-6H3. The van der Waals surface area contributed by atoms with Crippen LogP contribution in [0, 0.1) is 20.8 Å². The second kappa shape index (κ2) is 3.30. The molecule has 0 fully saturated rings. The Kier molecular flexibility index (Phi) is 2.62. The lowest BCUT2D eigenvalue weighted by molar-refractivity contribution is 0.441. The molecule has 0 amide bonds. The molecule has 0 bridgehead atoms. The fourth-order valence-corrected chi connectivity index (χ4v) is 1.91. The van der Waals surface area contributed by atoms with Crippen molar-refractivity contribution in [1.29, 1.82) is 0 Å². The molecular formula is C13H19O. The fourth-order valence-electron chi connectivity index (χ4n) is 1.91. The van der Waals surface area contributed by atoms with E-state index in [0.717, 1.165) is 22.3 Å². The summed E-state index contributed by atoms with van der Waals surface area (Å²) in [5, 5.41) is 10.1. The van der Waals surface area contributed by atoms with E-state index in [1.54, 1.807) is 0 Å². The van der Waals surface area contributed by atoms with Gasteiger partial charge < -0.3 is 5.11 Å². The molecular weight excluding hydrogens is 172 g/mol. The normalized spacial score (nSPS) is 11.9. The van der Waals surface area contributed by atoms with Gasteiger partial charge in [0, 0.05) is 5.56 Å². The molecule has 1 radical (unpaired) electrons. The molecule has 0 heterocycles. The Morgan fingerprint density at radius 3 is 2.14 bits per heavy atom. The van der Waals surface area contributed by atoms with E-state index >= 15 is 0 Å². The summed E-state index contributed by atoms with van der Waals surface area (Å²) in [6.45, 7) is 14.2. The van der Waals surface area contributed by atoms with Gasteiger partial charge in [0.25, 0.3) is 0 Å². The lowest BCUT2D eigenvalue weighted by Crippen LogP contribution is -2.14. The van der Waals surface area contributed by atoms with Crippen LogP contribution < -0.4 is 0 Å². The lowest BCUT2D eigenvalue weighted by Gasteiger charge is -2.24. The Morgan fingerprint density at radius 2 is 1.71 bits per heavy atom. The summed E-state index contributed by atoms with van der Waals surface area (Å²) in [6.07, 6.45) is 0. The van der Waals surface area contributed by atoms with Gasteiger partial charge >= 0.3 is 0 Å². The number of rotatable bonds is 0. The number of aromatic hydroxyl groups is 1. The van der Waals surface area contributed by atoms with E-state index in [1.165, 1.54) is 0 Å². The largest absolute Gasteiger partial charge is 0.507 e. The molecule has 0 aliphatic carbocycles. The minimum absolute atomic E-state index is 0.0212. The van der Waals surface area contributed by atoms with Crippen molar-refractivity contribution in [3.63, 3.8) is 0 Å². The maximum atomic E-state index is 10.1. The molecule has 0 aliphatic rings. The first-order valence-corrected chi connectivity index (χ1v) is 4.90. The summed E-state index contributed by atoms with van der Waals surface area (Å²) in [4.78, 5) is 0. The Morgan fingerprint density at radius 1 is 1.21 bits per heavy atom. The van der Waals surface area contributed by atoms with Crippen molar-refractivity contribution >= 4 is 0 Å².